The molecule has 0 heterocycles. The van der Waals surface area contributed by atoms with Crippen molar-refractivity contribution in [3.05, 3.63) is 58.7 Å². The van der Waals surface area contributed by atoms with Crippen molar-refractivity contribution >= 4 is 21.6 Å². The van der Waals surface area contributed by atoms with Crippen molar-refractivity contribution in [2.24, 2.45) is 5.92 Å². The predicted octanol–water partition coefficient (Wildman–Crippen LogP) is 5.36. The maximum absolute atomic E-state index is 13.0. The Kier molecular flexibility index (Phi) is 8.47. The summed E-state index contributed by atoms with van der Waals surface area (Å²) in [4.78, 5) is 12.8. The number of nitrogens with one attached hydrogen (secondary N) is 2. The number of aryl methyl sites for hydroxylation is 3. The first-order valence-corrected chi connectivity index (χ1v) is 12.1. The third-order valence-electron chi connectivity index (χ3n) is 5.31. The van der Waals surface area contributed by atoms with E-state index in [4.69, 9.17) is 0 Å². The summed E-state index contributed by atoms with van der Waals surface area (Å²) in [6, 6.07) is 10.4. The highest BCUT2D eigenvalue weighted by Crippen LogP contribution is 2.22. The number of rotatable bonds is 10. The molecule has 0 aliphatic rings. The summed E-state index contributed by atoms with van der Waals surface area (Å²) >= 11 is 0. The van der Waals surface area contributed by atoms with Crippen molar-refractivity contribution < 1.29 is 13.2 Å². The van der Waals surface area contributed by atoms with Gasteiger partial charge in [0.15, 0.2) is 0 Å². The first-order chi connectivity index (χ1) is 14.2. The van der Waals surface area contributed by atoms with Crippen LogP contribution in [0.4, 0.5) is 5.69 Å². The van der Waals surface area contributed by atoms with Gasteiger partial charge in [0.05, 0.1) is 4.90 Å². The van der Waals surface area contributed by atoms with Gasteiger partial charge in [-0.3, -0.25) is 9.52 Å². The van der Waals surface area contributed by atoms with Crippen LogP contribution in [-0.2, 0) is 10.0 Å². The molecule has 0 aromatic heterocycles. The van der Waals surface area contributed by atoms with Gasteiger partial charge in [-0.15, -0.1) is 0 Å². The standard InChI is InChI=1S/C24H34N2O3S/c1-6-8-9-20(7-2)16-25-24(27)21-11-10-19(5)23(15-21)30(28,29)26-22-13-17(3)12-18(4)14-22/h10-15,20,26H,6-9,16H2,1-5H3,(H,25,27)/t20-/m0/s1. The lowest BCUT2D eigenvalue weighted by atomic mass is 9.99. The molecule has 1 atom stereocenters. The maximum Gasteiger partial charge on any atom is 0.262 e. The van der Waals surface area contributed by atoms with Gasteiger partial charge in [0.25, 0.3) is 15.9 Å². The first-order valence-electron chi connectivity index (χ1n) is 10.7. The SMILES string of the molecule is CCCC[C@H](CC)CNC(=O)c1ccc(C)c(S(=O)(=O)Nc2cc(C)cc(C)c2)c1. The molecule has 30 heavy (non-hydrogen) atoms. The molecule has 2 rings (SSSR count). The number of amides is 1. The molecule has 0 unspecified atom stereocenters. The van der Waals surface area contributed by atoms with Crippen LogP contribution < -0.4 is 10.0 Å². The van der Waals surface area contributed by atoms with E-state index in [9.17, 15) is 13.2 Å². The second-order valence-corrected chi connectivity index (χ2v) is 9.74. The van der Waals surface area contributed by atoms with E-state index in [1.807, 2.05) is 19.9 Å². The lowest BCUT2D eigenvalue weighted by Crippen LogP contribution is -2.29. The van der Waals surface area contributed by atoms with Gasteiger partial charge in [-0.25, -0.2) is 8.42 Å². The number of carbonyl (C=O) groups is 1. The number of anilines is 1. The van der Waals surface area contributed by atoms with Crippen LogP contribution in [0.25, 0.3) is 0 Å². The van der Waals surface area contributed by atoms with E-state index in [1.54, 1.807) is 31.2 Å². The molecule has 0 saturated heterocycles. The molecule has 0 bridgehead atoms. The normalized spacial score (nSPS) is 12.4. The van der Waals surface area contributed by atoms with Gasteiger partial charge in [-0.1, -0.05) is 45.2 Å². The third-order valence-corrected chi connectivity index (χ3v) is 6.83. The van der Waals surface area contributed by atoms with E-state index >= 15 is 0 Å². The van der Waals surface area contributed by atoms with Crippen molar-refractivity contribution in [2.45, 2.75) is 65.2 Å². The highest BCUT2D eigenvalue weighted by atomic mass is 32.2. The van der Waals surface area contributed by atoms with Crippen molar-refractivity contribution in [1.29, 1.82) is 0 Å². The van der Waals surface area contributed by atoms with Crippen molar-refractivity contribution in [2.75, 3.05) is 11.3 Å². The van der Waals surface area contributed by atoms with E-state index in [-0.39, 0.29) is 10.8 Å². The molecule has 5 nitrogen and oxygen atoms in total. The van der Waals surface area contributed by atoms with Crippen LogP contribution in [0.3, 0.4) is 0 Å². The summed E-state index contributed by atoms with van der Waals surface area (Å²) in [5, 5.41) is 2.97. The molecule has 2 aromatic carbocycles. The summed E-state index contributed by atoms with van der Waals surface area (Å²) in [6.07, 6.45) is 4.37. The molecular formula is C24H34N2O3S. The van der Waals surface area contributed by atoms with Gasteiger partial charge >= 0.3 is 0 Å². The summed E-state index contributed by atoms with van der Waals surface area (Å²) in [5.74, 6) is 0.196. The van der Waals surface area contributed by atoms with E-state index in [0.29, 0.717) is 29.3 Å². The smallest absolute Gasteiger partial charge is 0.262 e. The van der Waals surface area contributed by atoms with Crippen LogP contribution in [0, 0.1) is 26.7 Å². The third kappa shape index (κ3) is 6.59. The molecule has 0 radical (unpaired) electrons. The van der Waals surface area contributed by atoms with Crippen LogP contribution in [0.2, 0.25) is 0 Å². The van der Waals surface area contributed by atoms with E-state index in [0.717, 1.165) is 36.8 Å². The Hall–Kier alpha value is -2.34. The van der Waals surface area contributed by atoms with Gasteiger partial charge in [0, 0.05) is 17.8 Å². The fourth-order valence-corrected chi connectivity index (χ4v) is 4.87. The summed E-state index contributed by atoms with van der Waals surface area (Å²) in [6.45, 7) is 10.5. The molecule has 2 N–H and O–H groups in total. The zero-order valence-electron chi connectivity index (χ0n) is 18.7. The monoisotopic (exact) mass is 430 g/mol. The number of carbonyl (C=O) groups excluding carboxylic acids is 1. The number of unbranched alkanes of at least 4 members (excludes halogenated alkanes) is 1. The number of hydrogen-bond acceptors (Lipinski definition) is 3. The Balaban J connectivity index is 2.19. The number of benzene rings is 2. The number of sulfonamides is 1. The second kappa shape index (κ2) is 10.6. The summed E-state index contributed by atoms with van der Waals surface area (Å²) in [5.41, 5.74) is 3.42. The Labute approximate surface area is 181 Å². The van der Waals surface area contributed by atoms with Gasteiger partial charge in [-0.05, 0) is 74.1 Å². The Bertz CT molecular complexity index is 964. The zero-order valence-corrected chi connectivity index (χ0v) is 19.5. The Morgan fingerprint density at radius 2 is 1.67 bits per heavy atom. The molecule has 0 fully saturated rings. The highest BCUT2D eigenvalue weighted by Gasteiger charge is 2.20. The van der Waals surface area contributed by atoms with Crippen LogP contribution in [0.5, 0.6) is 0 Å². The second-order valence-electron chi connectivity index (χ2n) is 8.09. The average molecular weight is 431 g/mol. The van der Waals surface area contributed by atoms with Gasteiger partial charge in [-0.2, -0.15) is 0 Å². The Morgan fingerprint density at radius 1 is 1.00 bits per heavy atom. The Morgan fingerprint density at radius 3 is 2.27 bits per heavy atom. The largest absolute Gasteiger partial charge is 0.352 e. The lowest BCUT2D eigenvalue weighted by molar-refractivity contribution is 0.0945. The minimum atomic E-state index is -3.81. The minimum absolute atomic E-state index is 0.118. The van der Waals surface area contributed by atoms with Crippen LogP contribution in [0.15, 0.2) is 41.3 Å². The topological polar surface area (TPSA) is 75.3 Å². The average Bonchev–Trinajstić information content (AvgIpc) is 2.67. The van der Waals surface area contributed by atoms with Crippen LogP contribution >= 0.6 is 0 Å². The van der Waals surface area contributed by atoms with Gasteiger partial charge < -0.3 is 5.32 Å². The fraction of sp³-hybridized carbons (Fsp3) is 0.458. The highest BCUT2D eigenvalue weighted by molar-refractivity contribution is 7.92. The lowest BCUT2D eigenvalue weighted by Gasteiger charge is -2.16. The minimum Gasteiger partial charge on any atom is -0.352 e. The predicted molar refractivity (Wildman–Crippen MR) is 124 cm³/mol. The molecule has 0 aliphatic heterocycles. The molecule has 0 aliphatic carbocycles. The molecule has 0 spiro atoms. The van der Waals surface area contributed by atoms with Crippen molar-refractivity contribution in [1.82, 2.24) is 5.32 Å². The molecule has 0 saturated carbocycles. The van der Waals surface area contributed by atoms with Crippen LogP contribution in [0.1, 0.15) is 66.6 Å². The van der Waals surface area contributed by atoms with E-state index < -0.39 is 10.0 Å². The maximum atomic E-state index is 13.0. The molecular weight excluding hydrogens is 396 g/mol. The zero-order chi connectivity index (χ0) is 22.3. The van der Waals surface area contributed by atoms with E-state index in [1.165, 1.54) is 6.07 Å². The molecule has 2 aromatic rings. The molecule has 6 heteroatoms. The first kappa shape index (κ1) is 23.9. The number of hydrogen-bond donors (Lipinski definition) is 2. The summed E-state index contributed by atoms with van der Waals surface area (Å²) in [7, 11) is -3.81. The van der Waals surface area contributed by atoms with E-state index in [2.05, 4.69) is 23.9 Å². The van der Waals surface area contributed by atoms with Crippen LogP contribution in [-0.4, -0.2) is 20.9 Å². The molecule has 1 amide bonds. The van der Waals surface area contributed by atoms with Crippen molar-refractivity contribution in [3.63, 3.8) is 0 Å². The quantitative estimate of drug-likeness (QED) is 0.533. The van der Waals surface area contributed by atoms with Crippen molar-refractivity contribution in [3.8, 4) is 0 Å². The summed E-state index contributed by atoms with van der Waals surface area (Å²) < 4.78 is 28.7. The fourth-order valence-electron chi connectivity index (χ4n) is 3.56. The molecule has 164 valence electrons. The van der Waals surface area contributed by atoms with Gasteiger partial charge in [0.2, 0.25) is 0 Å². The van der Waals surface area contributed by atoms with Gasteiger partial charge in [0.1, 0.15) is 0 Å².